The minimum Gasteiger partial charge on any atom is -0.340 e. The number of nitrogens with zero attached hydrogens (tertiary/aromatic N) is 5. The summed E-state index contributed by atoms with van der Waals surface area (Å²) in [6.07, 6.45) is 1.11. The number of imidazole rings is 1. The zero-order chi connectivity index (χ0) is 20.5. The number of hydrogen-bond acceptors (Lipinski definition) is 5. The van der Waals surface area contributed by atoms with Crippen LogP contribution in [-0.2, 0) is 13.6 Å². The van der Waals surface area contributed by atoms with Crippen LogP contribution < -0.4 is 16.1 Å². The number of fused-ring (bicyclic) bond motifs is 1. The second-order valence-corrected chi connectivity index (χ2v) is 7.44. The van der Waals surface area contributed by atoms with Gasteiger partial charge in [0.15, 0.2) is 11.2 Å². The van der Waals surface area contributed by atoms with Crippen LogP contribution in [-0.4, -0.2) is 56.7 Å². The Bertz CT molecular complexity index is 1120. The van der Waals surface area contributed by atoms with E-state index in [-0.39, 0.29) is 5.82 Å². The molecule has 1 aliphatic rings. The first-order chi connectivity index (χ1) is 14.0. The van der Waals surface area contributed by atoms with Crippen molar-refractivity contribution in [3.05, 3.63) is 56.5 Å². The molecule has 3 aromatic rings. The minimum absolute atomic E-state index is 0.309. The number of aryl methyl sites for hydroxylation is 1. The van der Waals surface area contributed by atoms with Crippen molar-refractivity contribution in [1.82, 2.24) is 24.0 Å². The molecule has 0 spiro atoms. The highest BCUT2D eigenvalue weighted by atomic mass is 19.1. The van der Waals surface area contributed by atoms with E-state index in [9.17, 15) is 14.0 Å². The third-order valence-corrected chi connectivity index (χ3v) is 5.44. The monoisotopic (exact) mass is 400 g/mol. The van der Waals surface area contributed by atoms with Crippen LogP contribution in [0.4, 0.5) is 10.3 Å². The number of halogens is 1. The van der Waals surface area contributed by atoms with Gasteiger partial charge in [0.05, 0.1) is 6.54 Å². The number of aromatic nitrogens is 4. The van der Waals surface area contributed by atoms with Crippen molar-refractivity contribution in [1.29, 1.82) is 0 Å². The van der Waals surface area contributed by atoms with Gasteiger partial charge in [-0.2, -0.15) is 4.98 Å². The van der Waals surface area contributed by atoms with Crippen molar-refractivity contribution in [3.63, 3.8) is 0 Å². The van der Waals surface area contributed by atoms with Crippen LogP contribution in [0.2, 0.25) is 0 Å². The zero-order valence-corrected chi connectivity index (χ0v) is 16.7. The van der Waals surface area contributed by atoms with Gasteiger partial charge < -0.3 is 4.90 Å². The van der Waals surface area contributed by atoms with Gasteiger partial charge in [-0.3, -0.25) is 23.8 Å². The number of piperazine rings is 1. The van der Waals surface area contributed by atoms with E-state index in [0.717, 1.165) is 44.7 Å². The third kappa shape index (κ3) is 3.69. The predicted molar refractivity (Wildman–Crippen MR) is 110 cm³/mol. The smallest absolute Gasteiger partial charge is 0.329 e. The molecule has 1 fully saturated rings. The Morgan fingerprint density at radius 2 is 1.79 bits per heavy atom. The highest BCUT2D eigenvalue weighted by Crippen LogP contribution is 2.22. The summed E-state index contributed by atoms with van der Waals surface area (Å²) in [7, 11) is 1.60. The molecule has 0 atom stereocenters. The first kappa shape index (κ1) is 19.4. The molecule has 0 amide bonds. The molecule has 0 radical (unpaired) electrons. The summed E-state index contributed by atoms with van der Waals surface area (Å²) in [6.45, 7) is 7.01. The van der Waals surface area contributed by atoms with E-state index in [1.807, 2.05) is 4.57 Å². The van der Waals surface area contributed by atoms with E-state index in [1.54, 1.807) is 19.2 Å². The van der Waals surface area contributed by atoms with Gasteiger partial charge in [-0.1, -0.05) is 19.1 Å². The van der Waals surface area contributed by atoms with Gasteiger partial charge >= 0.3 is 5.69 Å². The Hall–Kier alpha value is -2.94. The largest absolute Gasteiger partial charge is 0.340 e. The number of aromatic amines is 1. The number of H-pyrrole nitrogens is 1. The number of rotatable bonds is 5. The van der Waals surface area contributed by atoms with Crippen LogP contribution in [0, 0.1) is 5.82 Å². The van der Waals surface area contributed by atoms with Crippen molar-refractivity contribution in [2.75, 3.05) is 37.6 Å². The molecule has 0 saturated carbocycles. The molecule has 1 aromatic carbocycles. The average molecular weight is 400 g/mol. The Morgan fingerprint density at radius 1 is 1.10 bits per heavy atom. The number of hydrogen-bond donors (Lipinski definition) is 1. The maximum Gasteiger partial charge on any atom is 0.329 e. The van der Waals surface area contributed by atoms with Gasteiger partial charge in [0.1, 0.15) is 5.82 Å². The topological polar surface area (TPSA) is 79.2 Å². The maximum atomic E-state index is 13.3. The maximum absolute atomic E-state index is 13.3. The molecule has 0 aliphatic carbocycles. The summed E-state index contributed by atoms with van der Waals surface area (Å²) < 4.78 is 16.5. The number of benzene rings is 1. The molecule has 0 unspecified atom stereocenters. The van der Waals surface area contributed by atoms with Crippen LogP contribution in [0.1, 0.15) is 18.9 Å². The van der Waals surface area contributed by atoms with Crippen LogP contribution in [0.25, 0.3) is 11.2 Å². The van der Waals surface area contributed by atoms with Crippen LogP contribution in [0.5, 0.6) is 0 Å². The van der Waals surface area contributed by atoms with Gasteiger partial charge in [-0.25, -0.2) is 9.18 Å². The van der Waals surface area contributed by atoms with Crippen LogP contribution >= 0.6 is 0 Å². The molecule has 9 heteroatoms. The summed E-state index contributed by atoms with van der Waals surface area (Å²) >= 11 is 0. The van der Waals surface area contributed by atoms with E-state index < -0.39 is 11.2 Å². The molecule has 8 nitrogen and oxygen atoms in total. The van der Waals surface area contributed by atoms with Gasteiger partial charge in [-0.15, -0.1) is 0 Å². The molecule has 0 bridgehead atoms. The molecule has 154 valence electrons. The lowest BCUT2D eigenvalue weighted by molar-refractivity contribution is 0.257. The van der Waals surface area contributed by atoms with Crippen LogP contribution in [0.3, 0.4) is 0 Å². The molecule has 29 heavy (non-hydrogen) atoms. The number of anilines is 1. The summed E-state index contributed by atoms with van der Waals surface area (Å²) in [5.74, 6) is 0.351. The highest BCUT2D eigenvalue weighted by Gasteiger charge is 2.24. The van der Waals surface area contributed by atoms with E-state index in [2.05, 4.69) is 26.7 Å². The predicted octanol–water partition coefficient (Wildman–Crippen LogP) is 1.14. The Labute approximate surface area is 167 Å². The summed E-state index contributed by atoms with van der Waals surface area (Å²) in [4.78, 5) is 36.3. The van der Waals surface area contributed by atoms with E-state index in [0.29, 0.717) is 23.7 Å². The van der Waals surface area contributed by atoms with Gasteiger partial charge in [0, 0.05) is 33.2 Å². The Morgan fingerprint density at radius 3 is 2.45 bits per heavy atom. The van der Waals surface area contributed by atoms with Crippen molar-refractivity contribution in [2.24, 2.45) is 7.05 Å². The van der Waals surface area contributed by atoms with Gasteiger partial charge in [0.25, 0.3) is 5.56 Å². The second-order valence-electron chi connectivity index (χ2n) is 7.44. The first-order valence-corrected chi connectivity index (χ1v) is 9.89. The average Bonchev–Trinajstić information content (AvgIpc) is 3.09. The quantitative estimate of drug-likeness (QED) is 0.695. The third-order valence-electron chi connectivity index (χ3n) is 5.44. The SMILES string of the molecule is CCCN1CCN(c2nc3c(c(=O)[nH]c(=O)n3C)n2Cc2ccc(F)cc2)CC1. The summed E-state index contributed by atoms with van der Waals surface area (Å²) in [5.41, 5.74) is 0.598. The van der Waals surface area contributed by atoms with E-state index in [4.69, 9.17) is 0 Å². The lowest BCUT2D eigenvalue weighted by Gasteiger charge is -2.35. The molecule has 2 aromatic heterocycles. The molecular weight excluding hydrogens is 375 g/mol. The Balaban J connectivity index is 1.79. The van der Waals surface area contributed by atoms with Gasteiger partial charge in [-0.05, 0) is 30.7 Å². The molecule has 4 rings (SSSR count). The molecule has 1 aliphatic heterocycles. The second kappa shape index (κ2) is 7.82. The zero-order valence-electron chi connectivity index (χ0n) is 16.7. The first-order valence-electron chi connectivity index (χ1n) is 9.89. The van der Waals surface area contributed by atoms with Crippen molar-refractivity contribution >= 4 is 17.1 Å². The number of nitrogens with one attached hydrogen (secondary N) is 1. The lowest BCUT2D eigenvalue weighted by Crippen LogP contribution is -2.47. The fraction of sp³-hybridized carbons (Fsp3) is 0.450. The molecule has 1 saturated heterocycles. The van der Waals surface area contributed by atoms with E-state index >= 15 is 0 Å². The fourth-order valence-corrected chi connectivity index (χ4v) is 3.87. The minimum atomic E-state index is -0.492. The normalized spacial score (nSPS) is 15.3. The fourth-order valence-electron chi connectivity index (χ4n) is 3.87. The molecule has 1 N–H and O–H groups in total. The van der Waals surface area contributed by atoms with Gasteiger partial charge in [0.2, 0.25) is 5.95 Å². The van der Waals surface area contributed by atoms with Crippen LogP contribution in [0.15, 0.2) is 33.9 Å². The standard InChI is InChI=1S/C20H25FN6O2/c1-3-8-25-9-11-26(12-10-25)19-22-17-16(18(28)23-20(29)24(17)2)27(19)13-14-4-6-15(21)7-5-14/h4-7H,3,8-13H2,1-2H3,(H,23,28,29). The molecule has 3 heterocycles. The summed E-state index contributed by atoms with van der Waals surface area (Å²) in [6, 6.07) is 6.19. The molecular formula is C20H25FN6O2. The summed E-state index contributed by atoms with van der Waals surface area (Å²) in [5, 5.41) is 0. The van der Waals surface area contributed by atoms with Crippen molar-refractivity contribution < 1.29 is 4.39 Å². The van der Waals surface area contributed by atoms with E-state index in [1.165, 1.54) is 16.7 Å². The lowest BCUT2D eigenvalue weighted by atomic mass is 10.2. The highest BCUT2D eigenvalue weighted by molar-refractivity contribution is 5.74. The van der Waals surface area contributed by atoms with Crippen molar-refractivity contribution in [2.45, 2.75) is 19.9 Å². The van der Waals surface area contributed by atoms with Crippen molar-refractivity contribution in [3.8, 4) is 0 Å². The Kier molecular flexibility index (Phi) is 5.23.